The fourth-order valence-corrected chi connectivity index (χ4v) is 3.46. The van der Waals surface area contributed by atoms with Crippen LogP contribution in [-0.4, -0.2) is 33.0 Å². The molecule has 1 heterocycles. The number of hydrogen-bond donors (Lipinski definition) is 1. The van der Waals surface area contributed by atoms with Crippen LogP contribution in [0, 0.1) is 5.92 Å². The Bertz CT molecular complexity index is 682. The van der Waals surface area contributed by atoms with E-state index in [0.29, 0.717) is 6.42 Å². The highest BCUT2D eigenvalue weighted by Crippen LogP contribution is 2.27. The first-order valence-electron chi connectivity index (χ1n) is 9.17. The highest BCUT2D eigenvalue weighted by atomic mass is 32.2. The largest absolute Gasteiger partial charge is 0.356 e. The fourth-order valence-electron chi connectivity index (χ4n) is 2.76. The number of benzene rings is 1. The molecule has 0 saturated heterocycles. The summed E-state index contributed by atoms with van der Waals surface area (Å²) < 4.78 is 2.14. The number of aryl methyl sites for hydroxylation is 1. The maximum absolute atomic E-state index is 11.8. The molecule has 2 aromatic rings. The van der Waals surface area contributed by atoms with Gasteiger partial charge < -0.3 is 5.32 Å². The molecule has 0 atom stereocenters. The minimum absolute atomic E-state index is 0.179. The second-order valence-electron chi connectivity index (χ2n) is 6.46. The first-order chi connectivity index (χ1) is 12.3. The smallest absolute Gasteiger partial charge is 0.220 e. The first kappa shape index (κ1) is 18.0. The summed E-state index contributed by atoms with van der Waals surface area (Å²) in [4.78, 5) is 11.8. The standard InChI is InChI=1S/C19H26N4OS/c1-2-25-19-22-21-17(23(19)16-8-4-3-5-9-16)10-6-7-11-18(24)20-14-15-12-13-15/h3-5,8-9,15H,2,6-7,10-14H2,1H3,(H,20,24). The molecule has 6 heteroatoms. The third-order valence-electron chi connectivity index (χ3n) is 4.33. The molecule has 134 valence electrons. The van der Waals surface area contributed by atoms with Gasteiger partial charge in [-0.15, -0.1) is 10.2 Å². The van der Waals surface area contributed by atoms with E-state index in [0.717, 1.165) is 54.1 Å². The molecule has 1 amide bonds. The zero-order chi connectivity index (χ0) is 17.5. The van der Waals surface area contributed by atoms with Gasteiger partial charge in [-0.05, 0) is 49.5 Å². The summed E-state index contributed by atoms with van der Waals surface area (Å²) in [6, 6.07) is 10.2. The van der Waals surface area contributed by atoms with Gasteiger partial charge in [0.25, 0.3) is 0 Å². The third kappa shape index (κ3) is 5.33. The maximum Gasteiger partial charge on any atom is 0.220 e. The zero-order valence-electron chi connectivity index (χ0n) is 14.8. The molecule has 3 rings (SSSR count). The summed E-state index contributed by atoms with van der Waals surface area (Å²) in [6.07, 6.45) is 5.80. The summed E-state index contributed by atoms with van der Waals surface area (Å²) in [5.41, 5.74) is 1.10. The first-order valence-corrected chi connectivity index (χ1v) is 10.2. The number of unbranched alkanes of at least 4 members (excludes halogenated alkanes) is 1. The van der Waals surface area contributed by atoms with Crippen molar-refractivity contribution >= 4 is 17.7 Å². The van der Waals surface area contributed by atoms with E-state index in [1.54, 1.807) is 11.8 Å². The topological polar surface area (TPSA) is 59.8 Å². The molecule has 1 fully saturated rings. The van der Waals surface area contributed by atoms with Crippen LogP contribution >= 0.6 is 11.8 Å². The Morgan fingerprint density at radius 3 is 2.76 bits per heavy atom. The van der Waals surface area contributed by atoms with Crippen molar-refractivity contribution in [3.8, 4) is 5.69 Å². The molecule has 0 bridgehead atoms. The van der Waals surface area contributed by atoms with Gasteiger partial charge in [0.2, 0.25) is 5.91 Å². The SMILES string of the molecule is CCSc1nnc(CCCCC(=O)NCC2CC2)n1-c1ccccc1. The number of aromatic nitrogens is 3. The van der Waals surface area contributed by atoms with Gasteiger partial charge in [-0.1, -0.05) is 36.9 Å². The van der Waals surface area contributed by atoms with E-state index in [1.807, 2.05) is 18.2 Å². The number of rotatable bonds is 10. The molecular formula is C19H26N4OS. The summed E-state index contributed by atoms with van der Waals surface area (Å²) >= 11 is 1.70. The van der Waals surface area contributed by atoms with Crippen LogP contribution in [0.15, 0.2) is 35.5 Å². The van der Waals surface area contributed by atoms with Crippen LogP contribution in [0.3, 0.4) is 0 Å². The Balaban J connectivity index is 1.54. The number of carbonyl (C=O) groups excluding carboxylic acids is 1. The minimum Gasteiger partial charge on any atom is -0.356 e. The van der Waals surface area contributed by atoms with E-state index >= 15 is 0 Å². The molecule has 25 heavy (non-hydrogen) atoms. The van der Waals surface area contributed by atoms with E-state index in [2.05, 4.69) is 39.1 Å². The highest BCUT2D eigenvalue weighted by molar-refractivity contribution is 7.99. The second-order valence-corrected chi connectivity index (χ2v) is 7.69. The number of nitrogens with zero attached hydrogens (tertiary/aromatic N) is 3. The van der Waals surface area contributed by atoms with Gasteiger partial charge in [0.1, 0.15) is 5.82 Å². The van der Waals surface area contributed by atoms with Crippen LogP contribution < -0.4 is 5.32 Å². The predicted molar refractivity (Wildman–Crippen MR) is 101 cm³/mol. The lowest BCUT2D eigenvalue weighted by atomic mass is 10.1. The van der Waals surface area contributed by atoms with Gasteiger partial charge in [0.15, 0.2) is 5.16 Å². The summed E-state index contributed by atoms with van der Waals surface area (Å²) in [6.45, 7) is 2.98. The van der Waals surface area contributed by atoms with E-state index < -0.39 is 0 Å². The average molecular weight is 359 g/mol. The van der Waals surface area contributed by atoms with Crippen molar-refractivity contribution in [3.05, 3.63) is 36.2 Å². The molecule has 0 radical (unpaired) electrons. The minimum atomic E-state index is 0.179. The normalized spacial score (nSPS) is 13.8. The Hall–Kier alpha value is -1.82. The lowest BCUT2D eigenvalue weighted by Crippen LogP contribution is -2.25. The number of carbonyl (C=O) groups is 1. The van der Waals surface area contributed by atoms with Crippen LogP contribution in [0.25, 0.3) is 5.69 Å². The number of amides is 1. The molecule has 1 N–H and O–H groups in total. The van der Waals surface area contributed by atoms with E-state index in [9.17, 15) is 4.79 Å². The van der Waals surface area contributed by atoms with Crippen molar-refractivity contribution in [2.75, 3.05) is 12.3 Å². The Labute approximate surface area is 153 Å². The van der Waals surface area contributed by atoms with Gasteiger partial charge in [-0.2, -0.15) is 0 Å². The number of para-hydroxylation sites is 1. The van der Waals surface area contributed by atoms with Gasteiger partial charge >= 0.3 is 0 Å². The Morgan fingerprint density at radius 1 is 1.24 bits per heavy atom. The van der Waals surface area contributed by atoms with Crippen molar-refractivity contribution in [2.45, 2.75) is 50.6 Å². The molecule has 1 saturated carbocycles. The summed E-state index contributed by atoms with van der Waals surface area (Å²) in [5, 5.41) is 12.7. The number of thioether (sulfide) groups is 1. The molecular weight excluding hydrogens is 332 g/mol. The Kier molecular flexibility index (Phi) is 6.50. The van der Waals surface area contributed by atoms with Crippen LogP contribution in [0.5, 0.6) is 0 Å². The lowest BCUT2D eigenvalue weighted by Gasteiger charge is -2.09. The average Bonchev–Trinajstić information content (AvgIpc) is 3.38. The van der Waals surface area contributed by atoms with Gasteiger partial charge in [0.05, 0.1) is 0 Å². The molecule has 5 nitrogen and oxygen atoms in total. The van der Waals surface area contributed by atoms with Crippen molar-refractivity contribution < 1.29 is 4.79 Å². The van der Waals surface area contributed by atoms with Crippen LogP contribution in [0.1, 0.15) is 44.9 Å². The number of nitrogens with one attached hydrogen (secondary N) is 1. The zero-order valence-corrected chi connectivity index (χ0v) is 15.6. The van der Waals surface area contributed by atoms with Gasteiger partial charge in [-0.3, -0.25) is 9.36 Å². The van der Waals surface area contributed by atoms with E-state index in [1.165, 1.54) is 12.8 Å². The second kappa shape index (κ2) is 9.04. The predicted octanol–water partition coefficient (Wildman–Crippen LogP) is 3.62. The van der Waals surface area contributed by atoms with Crippen molar-refractivity contribution in [1.29, 1.82) is 0 Å². The van der Waals surface area contributed by atoms with Crippen LogP contribution in [0.2, 0.25) is 0 Å². The highest BCUT2D eigenvalue weighted by Gasteiger charge is 2.21. The van der Waals surface area contributed by atoms with E-state index in [-0.39, 0.29) is 5.91 Å². The summed E-state index contributed by atoms with van der Waals surface area (Å²) in [5.74, 6) is 2.86. The van der Waals surface area contributed by atoms with Crippen molar-refractivity contribution in [2.24, 2.45) is 5.92 Å². The molecule has 0 spiro atoms. The molecule has 0 aliphatic heterocycles. The maximum atomic E-state index is 11.8. The number of hydrogen-bond acceptors (Lipinski definition) is 4. The quantitative estimate of drug-likeness (QED) is 0.520. The van der Waals surface area contributed by atoms with Crippen LogP contribution in [0.4, 0.5) is 0 Å². The fraction of sp³-hybridized carbons (Fsp3) is 0.526. The summed E-state index contributed by atoms with van der Waals surface area (Å²) in [7, 11) is 0. The molecule has 0 unspecified atom stereocenters. The van der Waals surface area contributed by atoms with Crippen LogP contribution in [-0.2, 0) is 11.2 Å². The third-order valence-corrected chi connectivity index (χ3v) is 5.14. The van der Waals surface area contributed by atoms with Gasteiger partial charge in [-0.25, -0.2) is 0 Å². The molecule has 1 aromatic heterocycles. The lowest BCUT2D eigenvalue weighted by molar-refractivity contribution is -0.121. The molecule has 1 aliphatic rings. The van der Waals surface area contributed by atoms with Crippen molar-refractivity contribution in [3.63, 3.8) is 0 Å². The van der Waals surface area contributed by atoms with E-state index in [4.69, 9.17) is 0 Å². The Morgan fingerprint density at radius 2 is 2.04 bits per heavy atom. The molecule has 1 aromatic carbocycles. The van der Waals surface area contributed by atoms with Crippen molar-refractivity contribution in [1.82, 2.24) is 20.1 Å². The molecule has 1 aliphatic carbocycles. The van der Waals surface area contributed by atoms with Gasteiger partial charge in [0, 0.05) is 25.1 Å². The monoisotopic (exact) mass is 358 g/mol.